The molecule has 0 saturated carbocycles. The topological polar surface area (TPSA) is 67.0 Å². The lowest BCUT2D eigenvalue weighted by Gasteiger charge is -2.08. The molecule has 140 valence electrons. The number of pyridine rings is 1. The first kappa shape index (κ1) is 17.5. The number of rotatable bonds is 7. The van der Waals surface area contributed by atoms with Crippen LogP contribution in [0.3, 0.4) is 0 Å². The summed E-state index contributed by atoms with van der Waals surface area (Å²) >= 11 is 0. The van der Waals surface area contributed by atoms with Gasteiger partial charge in [-0.15, -0.1) is 5.10 Å². The van der Waals surface area contributed by atoms with Gasteiger partial charge in [0.1, 0.15) is 5.75 Å². The van der Waals surface area contributed by atoms with Gasteiger partial charge in [-0.2, -0.15) is 0 Å². The van der Waals surface area contributed by atoms with Gasteiger partial charge in [0.25, 0.3) is 0 Å². The van der Waals surface area contributed by atoms with Gasteiger partial charge >= 0.3 is 0 Å². The highest BCUT2D eigenvalue weighted by Crippen LogP contribution is 2.32. The van der Waals surface area contributed by atoms with Crippen molar-refractivity contribution in [2.75, 3.05) is 20.8 Å². The summed E-state index contributed by atoms with van der Waals surface area (Å²) in [5.41, 5.74) is 4.29. The maximum Gasteiger partial charge on any atom is 0.120 e. The van der Waals surface area contributed by atoms with E-state index in [1.165, 1.54) is 10.8 Å². The molecule has 3 aromatic heterocycles. The summed E-state index contributed by atoms with van der Waals surface area (Å²) < 4.78 is 14.7. The molecule has 0 aliphatic heterocycles. The molecule has 0 aliphatic rings. The maximum atomic E-state index is 5.44. The van der Waals surface area contributed by atoms with Crippen molar-refractivity contribution in [2.24, 2.45) is 0 Å². The normalized spacial score (nSPS) is 11.5. The number of aryl methyl sites for hydroxylation is 3. The van der Waals surface area contributed by atoms with Gasteiger partial charge in [-0.05, 0) is 25.1 Å². The molecule has 0 saturated heterocycles. The van der Waals surface area contributed by atoms with Crippen LogP contribution >= 0.6 is 0 Å². The summed E-state index contributed by atoms with van der Waals surface area (Å²) in [6, 6.07) is 8.29. The van der Waals surface area contributed by atoms with E-state index in [0.717, 1.165) is 41.1 Å². The summed E-state index contributed by atoms with van der Waals surface area (Å²) in [4.78, 5) is 4.50. The first-order valence-corrected chi connectivity index (χ1v) is 9.00. The second kappa shape index (κ2) is 7.36. The third kappa shape index (κ3) is 3.26. The van der Waals surface area contributed by atoms with Crippen LogP contribution in [0, 0.1) is 6.92 Å². The van der Waals surface area contributed by atoms with E-state index in [4.69, 9.17) is 9.47 Å². The van der Waals surface area contributed by atoms with Crippen LogP contribution in [0.1, 0.15) is 11.4 Å². The Hall–Kier alpha value is -2.93. The van der Waals surface area contributed by atoms with Crippen LogP contribution in [0.25, 0.3) is 21.8 Å². The van der Waals surface area contributed by atoms with Crippen LogP contribution in [0.5, 0.6) is 5.75 Å². The Bertz CT molecular complexity index is 1080. The number of fused-ring (bicyclic) bond motifs is 3. The minimum absolute atomic E-state index is 0.625. The number of hydrogen-bond donors (Lipinski definition) is 0. The Balaban J connectivity index is 1.71. The maximum absolute atomic E-state index is 5.44. The molecule has 0 spiro atoms. The minimum atomic E-state index is 0.625. The van der Waals surface area contributed by atoms with Crippen LogP contribution in [0.4, 0.5) is 0 Å². The van der Waals surface area contributed by atoms with E-state index in [-0.39, 0.29) is 0 Å². The highest BCUT2D eigenvalue weighted by atomic mass is 16.5. The van der Waals surface area contributed by atoms with Crippen LogP contribution in [-0.4, -0.2) is 45.4 Å². The zero-order valence-corrected chi connectivity index (χ0v) is 15.8. The van der Waals surface area contributed by atoms with E-state index in [1.54, 1.807) is 14.2 Å². The lowest BCUT2D eigenvalue weighted by molar-refractivity contribution is 0.183. The summed E-state index contributed by atoms with van der Waals surface area (Å²) in [6.45, 7) is 4.18. The quantitative estimate of drug-likeness (QED) is 0.504. The van der Waals surface area contributed by atoms with E-state index in [1.807, 2.05) is 23.1 Å². The summed E-state index contributed by atoms with van der Waals surface area (Å²) in [7, 11) is 3.38. The molecule has 3 heterocycles. The predicted molar refractivity (Wildman–Crippen MR) is 104 cm³/mol. The highest BCUT2D eigenvalue weighted by Gasteiger charge is 2.14. The molecule has 0 bridgehead atoms. The van der Waals surface area contributed by atoms with Crippen LogP contribution in [0.2, 0.25) is 0 Å². The fourth-order valence-electron chi connectivity index (χ4n) is 3.53. The van der Waals surface area contributed by atoms with E-state index in [2.05, 4.69) is 45.0 Å². The first-order valence-electron chi connectivity index (χ1n) is 9.00. The highest BCUT2D eigenvalue weighted by molar-refractivity contribution is 6.09. The van der Waals surface area contributed by atoms with Gasteiger partial charge in [0.15, 0.2) is 0 Å². The van der Waals surface area contributed by atoms with Gasteiger partial charge in [-0.25, -0.2) is 4.68 Å². The summed E-state index contributed by atoms with van der Waals surface area (Å²) in [5, 5.41) is 10.9. The van der Waals surface area contributed by atoms with Gasteiger partial charge in [0, 0.05) is 49.3 Å². The second-order valence-corrected chi connectivity index (χ2v) is 6.54. The van der Waals surface area contributed by atoms with Crippen LogP contribution < -0.4 is 4.74 Å². The van der Waals surface area contributed by atoms with Crippen molar-refractivity contribution in [1.82, 2.24) is 24.5 Å². The van der Waals surface area contributed by atoms with E-state index >= 15 is 0 Å². The summed E-state index contributed by atoms with van der Waals surface area (Å²) in [5.74, 6) is 0.850. The van der Waals surface area contributed by atoms with Crippen molar-refractivity contribution in [3.8, 4) is 5.75 Å². The number of nitrogens with zero attached hydrogens (tertiary/aromatic N) is 5. The molecule has 4 aromatic rings. The zero-order chi connectivity index (χ0) is 18.8. The number of hydrogen-bond acceptors (Lipinski definition) is 5. The molecule has 0 aliphatic carbocycles. The molecule has 0 amide bonds. The number of aromatic nitrogens is 5. The van der Waals surface area contributed by atoms with Crippen molar-refractivity contribution >= 4 is 21.8 Å². The van der Waals surface area contributed by atoms with Gasteiger partial charge in [0.05, 0.1) is 42.7 Å². The molecule has 0 radical (unpaired) electrons. The van der Waals surface area contributed by atoms with Crippen molar-refractivity contribution in [1.29, 1.82) is 0 Å². The molecular weight excluding hydrogens is 342 g/mol. The van der Waals surface area contributed by atoms with Crippen molar-refractivity contribution in [3.63, 3.8) is 0 Å². The molecule has 0 N–H and O–H groups in total. The SMILES string of the molecule is COCCn1cc(CCn2c3cc(OC)ccc3c3ccnc(C)c32)nn1. The van der Waals surface area contributed by atoms with Crippen LogP contribution in [-0.2, 0) is 24.2 Å². The van der Waals surface area contributed by atoms with E-state index < -0.39 is 0 Å². The lowest BCUT2D eigenvalue weighted by atomic mass is 10.1. The Kier molecular flexibility index (Phi) is 4.77. The first-order chi connectivity index (χ1) is 13.2. The number of ether oxygens (including phenoxy) is 2. The second-order valence-electron chi connectivity index (χ2n) is 6.54. The van der Waals surface area contributed by atoms with Gasteiger partial charge < -0.3 is 14.0 Å². The third-order valence-corrected chi connectivity index (χ3v) is 4.87. The molecular formula is C20H23N5O2. The van der Waals surface area contributed by atoms with Crippen molar-refractivity contribution in [2.45, 2.75) is 26.4 Å². The third-order valence-electron chi connectivity index (χ3n) is 4.87. The molecule has 0 fully saturated rings. The average molecular weight is 365 g/mol. The molecule has 0 unspecified atom stereocenters. The fourth-order valence-corrected chi connectivity index (χ4v) is 3.53. The largest absolute Gasteiger partial charge is 0.497 e. The molecule has 7 nitrogen and oxygen atoms in total. The minimum Gasteiger partial charge on any atom is -0.497 e. The zero-order valence-electron chi connectivity index (χ0n) is 15.8. The molecule has 27 heavy (non-hydrogen) atoms. The lowest BCUT2D eigenvalue weighted by Crippen LogP contribution is -2.04. The van der Waals surface area contributed by atoms with Crippen molar-refractivity contribution in [3.05, 3.63) is 48.0 Å². The number of benzene rings is 1. The van der Waals surface area contributed by atoms with E-state index in [9.17, 15) is 0 Å². The van der Waals surface area contributed by atoms with Crippen LogP contribution in [0.15, 0.2) is 36.7 Å². The Morgan fingerprint density at radius 2 is 1.96 bits per heavy atom. The molecule has 0 atom stereocenters. The summed E-state index contributed by atoms with van der Waals surface area (Å²) in [6.07, 6.45) is 4.64. The smallest absolute Gasteiger partial charge is 0.120 e. The molecule has 4 rings (SSSR count). The van der Waals surface area contributed by atoms with Gasteiger partial charge in [0.2, 0.25) is 0 Å². The molecule has 1 aromatic carbocycles. The Labute approximate surface area is 157 Å². The Morgan fingerprint density at radius 1 is 1.07 bits per heavy atom. The average Bonchev–Trinajstić information content (AvgIpc) is 3.27. The standard InChI is InChI=1S/C20H23N5O2/c1-14-20-18(6-8-21-14)17-5-4-16(27-3)12-19(17)25(20)9-7-15-13-24(23-22-15)10-11-26-2/h4-6,8,12-13H,7,9-11H2,1-3H3. The molecule has 7 heteroatoms. The fraction of sp³-hybridized carbons (Fsp3) is 0.350. The van der Waals surface area contributed by atoms with Crippen molar-refractivity contribution < 1.29 is 9.47 Å². The monoisotopic (exact) mass is 365 g/mol. The van der Waals surface area contributed by atoms with E-state index in [0.29, 0.717) is 13.2 Å². The predicted octanol–water partition coefficient (Wildman–Crippen LogP) is 2.99. The van der Waals surface area contributed by atoms with Gasteiger partial charge in [-0.1, -0.05) is 5.21 Å². The van der Waals surface area contributed by atoms with Gasteiger partial charge in [-0.3, -0.25) is 4.98 Å². The number of methoxy groups -OCH3 is 2. The Morgan fingerprint density at radius 3 is 2.78 bits per heavy atom.